The van der Waals surface area contributed by atoms with Crippen molar-refractivity contribution in [1.29, 1.82) is 0 Å². The van der Waals surface area contributed by atoms with E-state index < -0.39 is 10.0 Å². The summed E-state index contributed by atoms with van der Waals surface area (Å²) in [6, 6.07) is 3.35. The van der Waals surface area contributed by atoms with Crippen LogP contribution in [0.15, 0.2) is 34.2 Å². The summed E-state index contributed by atoms with van der Waals surface area (Å²) in [7, 11) is -3.57. The van der Waals surface area contributed by atoms with Crippen molar-refractivity contribution in [1.82, 2.24) is 4.31 Å². The molecule has 112 valence electrons. The van der Waals surface area contributed by atoms with E-state index >= 15 is 0 Å². The van der Waals surface area contributed by atoms with Gasteiger partial charge in [-0.15, -0.1) is 6.58 Å². The second-order valence-electron chi connectivity index (χ2n) is 4.86. The molecule has 0 unspecified atom stereocenters. The minimum atomic E-state index is -3.57. The maximum absolute atomic E-state index is 12.8. The predicted molar refractivity (Wildman–Crippen MR) is 86.0 cm³/mol. The number of halogens is 1. The molecule has 0 radical (unpaired) electrons. The second kappa shape index (κ2) is 6.85. The Kier molecular flexibility index (Phi) is 5.94. The lowest BCUT2D eigenvalue weighted by Crippen LogP contribution is -2.37. The summed E-state index contributed by atoms with van der Waals surface area (Å²) in [5.41, 5.74) is 7.10. The van der Waals surface area contributed by atoms with E-state index in [1.807, 2.05) is 19.9 Å². The summed E-state index contributed by atoms with van der Waals surface area (Å²) in [4.78, 5) is 0.294. The normalized spacial score (nSPS) is 12.2. The van der Waals surface area contributed by atoms with Crippen LogP contribution in [-0.4, -0.2) is 25.3 Å². The van der Waals surface area contributed by atoms with E-state index in [-0.39, 0.29) is 12.6 Å². The Bertz CT molecular complexity index is 597. The molecule has 0 aliphatic rings. The van der Waals surface area contributed by atoms with Crippen LogP contribution in [0.2, 0.25) is 0 Å². The number of rotatable bonds is 6. The van der Waals surface area contributed by atoms with Crippen LogP contribution < -0.4 is 5.73 Å². The smallest absolute Gasteiger partial charge is 0.243 e. The Morgan fingerprint density at radius 2 is 2.05 bits per heavy atom. The molecule has 6 heteroatoms. The molecule has 1 rings (SSSR count). The van der Waals surface area contributed by atoms with Crippen LogP contribution in [0, 0.1) is 6.92 Å². The van der Waals surface area contributed by atoms with Crippen LogP contribution in [0.4, 0.5) is 0 Å². The minimum Gasteiger partial charge on any atom is -0.326 e. The highest BCUT2D eigenvalue weighted by Gasteiger charge is 2.28. The molecule has 20 heavy (non-hydrogen) atoms. The first-order valence-electron chi connectivity index (χ1n) is 6.37. The molecule has 1 aromatic rings. The monoisotopic (exact) mass is 360 g/mol. The maximum Gasteiger partial charge on any atom is 0.243 e. The zero-order valence-electron chi connectivity index (χ0n) is 12.1. The lowest BCUT2D eigenvalue weighted by molar-refractivity contribution is 0.382. The van der Waals surface area contributed by atoms with Gasteiger partial charge in [0.25, 0.3) is 0 Å². The first-order chi connectivity index (χ1) is 9.25. The molecule has 0 aromatic heterocycles. The van der Waals surface area contributed by atoms with Crippen molar-refractivity contribution in [2.75, 3.05) is 6.54 Å². The Morgan fingerprint density at radius 3 is 2.50 bits per heavy atom. The minimum absolute atomic E-state index is 0.141. The molecule has 0 amide bonds. The van der Waals surface area contributed by atoms with Gasteiger partial charge in [-0.2, -0.15) is 4.31 Å². The standard InChI is InChI=1S/C14H21BrN2O2S/c1-5-6-17(10(2)3)20(18,19)14-8-12(9-16)7-13(15)11(14)4/h5,7-8,10H,1,6,9,16H2,2-4H3. The first kappa shape index (κ1) is 17.4. The van der Waals surface area contributed by atoms with Crippen molar-refractivity contribution in [2.24, 2.45) is 5.73 Å². The van der Waals surface area contributed by atoms with Gasteiger partial charge in [-0.1, -0.05) is 22.0 Å². The molecular weight excluding hydrogens is 340 g/mol. The number of nitrogens with two attached hydrogens (primary N) is 1. The Labute approximate surface area is 129 Å². The Balaban J connectivity index is 3.48. The van der Waals surface area contributed by atoms with E-state index in [4.69, 9.17) is 5.73 Å². The SMILES string of the molecule is C=CCN(C(C)C)S(=O)(=O)c1cc(CN)cc(Br)c1C. The molecule has 1 aromatic carbocycles. The van der Waals surface area contributed by atoms with Gasteiger partial charge >= 0.3 is 0 Å². The van der Waals surface area contributed by atoms with Crippen molar-refractivity contribution >= 4 is 26.0 Å². The maximum atomic E-state index is 12.8. The molecule has 0 bridgehead atoms. The molecule has 0 heterocycles. The molecule has 0 spiro atoms. The van der Waals surface area contributed by atoms with Crippen molar-refractivity contribution in [2.45, 2.75) is 38.3 Å². The molecule has 0 saturated heterocycles. The summed E-state index contributed by atoms with van der Waals surface area (Å²) in [5, 5.41) is 0. The van der Waals surface area contributed by atoms with Gasteiger partial charge in [0.05, 0.1) is 4.90 Å². The number of hydrogen-bond acceptors (Lipinski definition) is 3. The van der Waals surface area contributed by atoms with Crippen molar-refractivity contribution in [3.8, 4) is 0 Å². The van der Waals surface area contributed by atoms with E-state index in [0.717, 1.165) is 10.0 Å². The van der Waals surface area contributed by atoms with Crippen LogP contribution in [0.3, 0.4) is 0 Å². The van der Waals surface area contributed by atoms with E-state index in [1.165, 1.54) is 4.31 Å². The van der Waals surface area contributed by atoms with Crippen LogP contribution in [0.25, 0.3) is 0 Å². The molecule has 0 aliphatic heterocycles. The highest BCUT2D eigenvalue weighted by molar-refractivity contribution is 9.10. The number of sulfonamides is 1. The Morgan fingerprint density at radius 1 is 1.45 bits per heavy atom. The zero-order valence-corrected chi connectivity index (χ0v) is 14.5. The van der Waals surface area contributed by atoms with E-state index in [1.54, 1.807) is 19.1 Å². The van der Waals surface area contributed by atoms with Crippen LogP contribution >= 0.6 is 15.9 Å². The predicted octanol–water partition coefficient (Wildman–Crippen LogP) is 2.80. The zero-order chi connectivity index (χ0) is 15.5. The second-order valence-corrected chi connectivity index (χ2v) is 7.58. The molecule has 0 saturated carbocycles. The third-order valence-electron chi connectivity index (χ3n) is 3.06. The average Bonchev–Trinajstić information content (AvgIpc) is 2.37. The lowest BCUT2D eigenvalue weighted by Gasteiger charge is -2.26. The molecular formula is C14H21BrN2O2S. The highest BCUT2D eigenvalue weighted by atomic mass is 79.9. The van der Waals surface area contributed by atoms with Gasteiger partial charge in [-0.25, -0.2) is 8.42 Å². The third kappa shape index (κ3) is 3.49. The van der Waals surface area contributed by atoms with Crippen molar-refractivity contribution < 1.29 is 8.42 Å². The molecule has 0 atom stereocenters. The van der Waals surface area contributed by atoms with Crippen molar-refractivity contribution in [3.63, 3.8) is 0 Å². The summed E-state index contributed by atoms with van der Waals surface area (Å²) < 4.78 is 27.8. The van der Waals surface area contributed by atoms with Crippen LogP contribution in [0.1, 0.15) is 25.0 Å². The van der Waals surface area contributed by atoms with Crippen LogP contribution in [-0.2, 0) is 16.6 Å². The fourth-order valence-electron chi connectivity index (χ4n) is 1.93. The number of benzene rings is 1. The number of hydrogen-bond donors (Lipinski definition) is 1. The molecule has 4 nitrogen and oxygen atoms in total. The van der Waals surface area contributed by atoms with Crippen molar-refractivity contribution in [3.05, 3.63) is 40.4 Å². The van der Waals surface area contributed by atoms with Gasteiger partial charge < -0.3 is 5.73 Å². The van der Waals surface area contributed by atoms with Crippen LogP contribution in [0.5, 0.6) is 0 Å². The fraction of sp³-hybridized carbons (Fsp3) is 0.429. The highest BCUT2D eigenvalue weighted by Crippen LogP contribution is 2.28. The summed E-state index contributed by atoms with van der Waals surface area (Å²) in [6.45, 7) is 9.68. The molecule has 0 fully saturated rings. The fourth-order valence-corrected chi connectivity index (χ4v) is 4.48. The Hall–Kier alpha value is -0.690. The van der Waals surface area contributed by atoms with E-state index in [0.29, 0.717) is 17.0 Å². The topological polar surface area (TPSA) is 63.4 Å². The third-order valence-corrected chi connectivity index (χ3v) is 6.06. The summed E-state index contributed by atoms with van der Waals surface area (Å²) >= 11 is 3.40. The van der Waals surface area contributed by atoms with E-state index in [9.17, 15) is 8.42 Å². The largest absolute Gasteiger partial charge is 0.326 e. The van der Waals surface area contributed by atoms with Gasteiger partial charge in [0, 0.05) is 23.6 Å². The number of nitrogens with zero attached hydrogens (tertiary/aromatic N) is 1. The first-order valence-corrected chi connectivity index (χ1v) is 8.60. The summed E-state index contributed by atoms with van der Waals surface area (Å²) in [5.74, 6) is 0. The quantitative estimate of drug-likeness (QED) is 0.793. The van der Waals surface area contributed by atoms with Gasteiger partial charge in [0.15, 0.2) is 0 Å². The molecule has 0 aliphatic carbocycles. The average molecular weight is 361 g/mol. The van der Waals surface area contributed by atoms with Gasteiger partial charge in [0.1, 0.15) is 0 Å². The summed E-state index contributed by atoms with van der Waals surface area (Å²) in [6.07, 6.45) is 1.59. The lowest BCUT2D eigenvalue weighted by atomic mass is 10.1. The van der Waals surface area contributed by atoms with E-state index in [2.05, 4.69) is 22.5 Å². The van der Waals surface area contributed by atoms with Gasteiger partial charge in [0.2, 0.25) is 10.0 Å². The molecule has 2 N–H and O–H groups in total. The van der Waals surface area contributed by atoms with Gasteiger partial charge in [-0.05, 0) is 44.0 Å². The van der Waals surface area contributed by atoms with Gasteiger partial charge in [-0.3, -0.25) is 0 Å².